The number of carbonyl (C=O) groups excluding carboxylic acids is 1. The monoisotopic (exact) mass is 338 g/mol. The van der Waals surface area contributed by atoms with Crippen LogP contribution in [0.5, 0.6) is 0 Å². The number of halogens is 1. The molecule has 1 aromatic rings. The molecule has 1 fully saturated rings. The van der Waals surface area contributed by atoms with Gasteiger partial charge in [0.05, 0.1) is 6.61 Å². The highest BCUT2D eigenvalue weighted by molar-refractivity contribution is 9.10. The molecule has 108 valence electrons. The number of rotatable bonds is 7. The Labute approximate surface area is 128 Å². The van der Waals surface area contributed by atoms with E-state index in [2.05, 4.69) is 22.5 Å². The fourth-order valence-electron chi connectivity index (χ4n) is 2.04. The van der Waals surface area contributed by atoms with Gasteiger partial charge in [-0.25, -0.2) is 4.79 Å². The SMILES string of the molecule is C=CCCOC(C)C(=O)OC1(c2ccccc2Br)CC1. The zero-order valence-corrected chi connectivity index (χ0v) is 13.2. The summed E-state index contributed by atoms with van der Waals surface area (Å²) in [7, 11) is 0. The Bertz CT molecular complexity index is 494. The number of carbonyl (C=O) groups is 1. The zero-order valence-electron chi connectivity index (χ0n) is 11.6. The van der Waals surface area contributed by atoms with E-state index in [9.17, 15) is 4.79 Å². The molecule has 0 amide bonds. The van der Waals surface area contributed by atoms with Gasteiger partial charge in [0.2, 0.25) is 0 Å². The van der Waals surface area contributed by atoms with Gasteiger partial charge in [0.15, 0.2) is 6.10 Å². The van der Waals surface area contributed by atoms with Crippen molar-refractivity contribution in [3.8, 4) is 0 Å². The van der Waals surface area contributed by atoms with Gasteiger partial charge in [-0.05, 0) is 32.3 Å². The molecule has 0 spiro atoms. The Balaban J connectivity index is 1.97. The third kappa shape index (κ3) is 3.49. The van der Waals surface area contributed by atoms with Crippen molar-refractivity contribution in [2.75, 3.05) is 6.61 Å². The molecule has 0 saturated heterocycles. The van der Waals surface area contributed by atoms with Gasteiger partial charge in [0.1, 0.15) is 5.60 Å². The van der Waals surface area contributed by atoms with Crippen LogP contribution in [-0.2, 0) is 19.9 Å². The van der Waals surface area contributed by atoms with E-state index in [-0.39, 0.29) is 5.97 Å². The average molecular weight is 339 g/mol. The van der Waals surface area contributed by atoms with Gasteiger partial charge in [-0.15, -0.1) is 6.58 Å². The molecular formula is C16H19BrO3. The van der Waals surface area contributed by atoms with E-state index in [4.69, 9.17) is 9.47 Å². The van der Waals surface area contributed by atoms with Gasteiger partial charge >= 0.3 is 5.97 Å². The molecule has 20 heavy (non-hydrogen) atoms. The van der Waals surface area contributed by atoms with Gasteiger partial charge in [-0.2, -0.15) is 0 Å². The summed E-state index contributed by atoms with van der Waals surface area (Å²) in [6, 6.07) is 7.87. The molecule has 1 aliphatic rings. The number of benzene rings is 1. The lowest BCUT2D eigenvalue weighted by molar-refractivity contribution is -0.164. The minimum absolute atomic E-state index is 0.303. The first-order chi connectivity index (χ1) is 9.59. The van der Waals surface area contributed by atoms with Crippen molar-refractivity contribution in [3.63, 3.8) is 0 Å². The second-order valence-electron chi connectivity index (χ2n) is 4.99. The minimum atomic E-state index is -0.546. The third-order valence-corrected chi connectivity index (χ3v) is 4.08. The van der Waals surface area contributed by atoms with E-state index in [1.54, 1.807) is 13.0 Å². The fraction of sp³-hybridized carbons (Fsp3) is 0.438. The summed E-state index contributed by atoms with van der Waals surface area (Å²) >= 11 is 3.52. The molecule has 1 saturated carbocycles. The molecule has 4 heteroatoms. The third-order valence-electron chi connectivity index (χ3n) is 3.39. The van der Waals surface area contributed by atoms with Gasteiger partial charge in [-0.1, -0.05) is 40.2 Å². The zero-order chi connectivity index (χ0) is 14.6. The second kappa shape index (κ2) is 6.55. The Morgan fingerprint density at radius 1 is 1.50 bits per heavy atom. The summed E-state index contributed by atoms with van der Waals surface area (Å²) < 4.78 is 12.1. The molecule has 0 radical (unpaired) electrons. The maximum Gasteiger partial charge on any atom is 0.335 e. The Kier molecular flexibility index (Phi) is 5.00. The first-order valence-corrected chi connectivity index (χ1v) is 7.59. The molecule has 0 N–H and O–H groups in total. The first kappa shape index (κ1) is 15.3. The number of hydrogen-bond donors (Lipinski definition) is 0. The van der Waals surface area contributed by atoms with Crippen molar-refractivity contribution >= 4 is 21.9 Å². The minimum Gasteiger partial charge on any atom is -0.452 e. The van der Waals surface area contributed by atoms with Crippen LogP contribution in [0.15, 0.2) is 41.4 Å². The van der Waals surface area contributed by atoms with Gasteiger partial charge in [-0.3, -0.25) is 0 Å². The molecule has 1 atom stereocenters. The largest absolute Gasteiger partial charge is 0.452 e. The molecule has 0 bridgehead atoms. The van der Waals surface area contributed by atoms with Crippen LogP contribution in [0.2, 0.25) is 0 Å². The number of ether oxygens (including phenoxy) is 2. The Morgan fingerprint density at radius 3 is 2.80 bits per heavy atom. The lowest BCUT2D eigenvalue weighted by Gasteiger charge is -2.21. The van der Waals surface area contributed by atoms with E-state index in [1.807, 2.05) is 24.3 Å². The summed E-state index contributed by atoms with van der Waals surface area (Å²) in [5.41, 5.74) is 0.569. The number of esters is 1. The Morgan fingerprint density at radius 2 is 2.20 bits per heavy atom. The van der Waals surface area contributed by atoms with E-state index in [0.29, 0.717) is 6.61 Å². The van der Waals surface area contributed by atoms with Crippen LogP contribution in [-0.4, -0.2) is 18.7 Å². The normalized spacial score (nSPS) is 17.3. The molecule has 0 aromatic heterocycles. The van der Waals surface area contributed by atoms with Crippen molar-refractivity contribution in [1.82, 2.24) is 0 Å². The average Bonchev–Trinajstić information content (AvgIpc) is 3.20. The van der Waals surface area contributed by atoms with Crippen LogP contribution in [0.25, 0.3) is 0 Å². The summed E-state index contributed by atoms with van der Waals surface area (Å²) in [6.45, 7) is 5.83. The van der Waals surface area contributed by atoms with E-state index >= 15 is 0 Å². The highest BCUT2D eigenvalue weighted by Crippen LogP contribution is 2.51. The number of hydrogen-bond acceptors (Lipinski definition) is 3. The molecule has 0 aliphatic heterocycles. The van der Waals surface area contributed by atoms with Crippen LogP contribution in [0, 0.1) is 0 Å². The van der Waals surface area contributed by atoms with E-state index < -0.39 is 11.7 Å². The summed E-state index contributed by atoms with van der Waals surface area (Å²) in [5.74, 6) is -0.303. The van der Waals surface area contributed by atoms with Crippen molar-refractivity contribution < 1.29 is 14.3 Å². The Hall–Kier alpha value is -1.13. The molecule has 2 rings (SSSR count). The molecule has 1 unspecified atom stereocenters. The maximum absolute atomic E-state index is 12.1. The summed E-state index contributed by atoms with van der Waals surface area (Å²) in [4.78, 5) is 12.1. The van der Waals surface area contributed by atoms with Crippen LogP contribution in [0.1, 0.15) is 31.7 Å². The van der Waals surface area contributed by atoms with Crippen molar-refractivity contribution in [3.05, 3.63) is 47.0 Å². The molecule has 3 nitrogen and oxygen atoms in total. The quantitative estimate of drug-likeness (QED) is 0.428. The van der Waals surface area contributed by atoms with Gasteiger partial charge in [0.25, 0.3) is 0 Å². The van der Waals surface area contributed by atoms with Crippen molar-refractivity contribution in [1.29, 1.82) is 0 Å². The van der Waals surface area contributed by atoms with E-state index in [0.717, 1.165) is 29.3 Å². The second-order valence-corrected chi connectivity index (χ2v) is 5.84. The molecule has 1 aliphatic carbocycles. The lowest BCUT2D eigenvalue weighted by Crippen LogP contribution is -2.28. The smallest absolute Gasteiger partial charge is 0.335 e. The molecular weight excluding hydrogens is 320 g/mol. The van der Waals surface area contributed by atoms with Crippen LogP contribution in [0.4, 0.5) is 0 Å². The van der Waals surface area contributed by atoms with Crippen LogP contribution >= 0.6 is 15.9 Å². The molecule has 1 aromatic carbocycles. The van der Waals surface area contributed by atoms with Crippen molar-refractivity contribution in [2.45, 2.75) is 37.9 Å². The summed E-state index contributed by atoms with van der Waals surface area (Å²) in [6.07, 6.45) is 3.67. The van der Waals surface area contributed by atoms with Gasteiger partial charge < -0.3 is 9.47 Å². The highest BCUT2D eigenvalue weighted by Gasteiger charge is 2.50. The van der Waals surface area contributed by atoms with E-state index in [1.165, 1.54) is 0 Å². The lowest BCUT2D eigenvalue weighted by atomic mass is 10.1. The predicted molar refractivity (Wildman–Crippen MR) is 81.4 cm³/mol. The summed E-state index contributed by atoms with van der Waals surface area (Å²) in [5, 5.41) is 0. The maximum atomic E-state index is 12.1. The van der Waals surface area contributed by atoms with Crippen molar-refractivity contribution in [2.24, 2.45) is 0 Å². The first-order valence-electron chi connectivity index (χ1n) is 6.79. The van der Waals surface area contributed by atoms with Gasteiger partial charge in [0, 0.05) is 10.0 Å². The van der Waals surface area contributed by atoms with Crippen LogP contribution < -0.4 is 0 Å². The topological polar surface area (TPSA) is 35.5 Å². The predicted octanol–water partition coefficient (Wildman–Crippen LogP) is 3.96. The van der Waals surface area contributed by atoms with Crippen LogP contribution in [0.3, 0.4) is 0 Å². The highest BCUT2D eigenvalue weighted by atomic mass is 79.9. The molecule has 0 heterocycles. The standard InChI is InChI=1S/C16H19BrO3/c1-3-4-11-19-12(2)15(18)20-16(9-10-16)13-7-5-6-8-14(13)17/h3,5-8,12H,1,4,9-11H2,2H3. The fourth-order valence-corrected chi connectivity index (χ4v) is 2.69.